The van der Waals surface area contributed by atoms with Gasteiger partial charge < -0.3 is 14.9 Å². The van der Waals surface area contributed by atoms with Crippen molar-refractivity contribution < 1.29 is 9.15 Å². The molecule has 3 rings (SSSR count). The molecule has 1 aromatic heterocycles. The van der Waals surface area contributed by atoms with E-state index in [1.807, 2.05) is 36.4 Å². The van der Waals surface area contributed by atoms with Gasteiger partial charge in [-0.1, -0.05) is 0 Å². The lowest BCUT2D eigenvalue weighted by atomic mass is 10.2. The van der Waals surface area contributed by atoms with Crippen LogP contribution in [0.2, 0.25) is 0 Å². The van der Waals surface area contributed by atoms with Crippen molar-refractivity contribution in [1.29, 1.82) is 0 Å². The van der Waals surface area contributed by atoms with Gasteiger partial charge in [0.2, 0.25) is 5.89 Å². The van der Waals surface area contributed by atoms with Crippen LogP contribution < -0.4 is 10.5 Å². The van der Waals surface area contributed by atoms with E-state index < -0.39 is 0 Å². The lowest BCUT2D eigenvalue weighted by molar-refractivity contribution is 0.415. The van der Waals surface area contributed by atoms with Gasteiger partial charge in [0.25, 0.3) is 0 Å². The summed E-state index contributed by atoms with van der Waals surface area (Å²) < 4.78 is 11.8. The molecule has 1 heterocycles. The fraction of sp³-hybridized carbons (Fsp3) is 0.0714. The number of fused-ring (bicyclic) bond motifs is 1. The predicted molar refractivity (Wildman–Crippen MR) is 78.1 cm³/mol. The number of nitrogens with two attached hydrogens (primary N) is 1. The van der Waals surface area contributed by atoms with Crippen LogP contribution in [0, 0.1) is 0 Å². The number of methoxy groups -OCH3 is 1. The van der Waals surface area contributed by atoms with Gasteiger partial charge in [0.05, 0.1) is 12.7 Å². The van der Waals surface area contributed by atoms with Gasteiger partial charge in [-0.15, -0.1) is 0 Å². The van der Waals surface area contributed by atoms with Gasteiger partial charge in [-0.2, -0.15) is 0 Å². The van der Waals surface area contributed by atoms with E-state index in [4.69, 9.17) is 14.9 Å². The molecule has 0 fully saturated rings. The van der Waals surface area contributed by atoms with E-state index in [1.165, 1.54) is 0 Å². The summed E-state index contributed by atoms with van der Waals surface area (Å²) in [7, 11) is 1.62. The fourth-order valence-electron chi connectivity index (χ4n) is 1.85. The lowest BCUT2D eigenvalue weighted by Gasteiger charge is -2.00. The van der Waals surface area contributed by atoms with Crippen LogP contribution in [-0.4, -0.2) is 12.1 Å². The van der Waals surface area contributed by atoms with Gasteiger partial charge in [0.1, 0.15) is 11.3 Å². The van der Waals surface area contributed by atoms with Gasteiger partial charge in [-0.25, -0.2) is 4.98 Å². The Morgan fingerprint density at radius 2 is 2.05 bits per heavy atom. The Hall–Kier alpha value is -2.01. The molecular weight excluding hydrogens is 308 g/mol. The summed E-state index contributed by atoms with van der Waals surface area (Å²) in [6.07, 6.45) is 0. The molecule has 0 aliphatic carbocycles. The molecule has 2 aromatic carbocycles. The van der Waals surface area contributed by atoms with Crippen LogP contribution in [0.3, 0.4) is 0 Å². The number of nitrogens with zero attached hydrogens (tertiary/aromatic N) is 1. The highest BCUT2D eigenvalue weighted by molar-refractivity contribution is 9.10. The standard InChI is InChI=1S/C14H11BrN2O2/c1-18-9-3-5-13-12(7-9)17-14(19-13)10-4-2-8(16)6-11(10)15/h2-7H,16H2,1H3. The van der Waals surface area contributed by atoms with Crippen LogP contribution >= 0.6 is 15.9 Å². The molecule has 5 heteroatoms. The summed E-state index contributed by atoms with van der Waals surface area (Å²) in [6, 6.07) is 11.0. The topological polar surface area (TPSA) is 61.3 Å². The minimum absolute atomic E-state index is 0.551. The largest absolute Gasteiger partial charge is 0.497 e. The van der Waals surface area contributed by atoms with Crippen LogP contribution in [0.1, 0.15) is 0 Å². The number of anilines is 1. The van der Waals surface area contributed by atoms with Crippen LogP contribution in [-0.2, 0) is 0 Å². The number of oxazole rings is 1. The van der Waals surface area contributed by atoms with E-state index >= 15 is 0 Å². The van der Waals surface area contributed by atoms with Gasteiger partial charge >= 0.3 is 0 Å². The average molecular weight is 319 g/mol. The first-order chi connectivity index (χ1) is 9.17. The zero-order valence-electron chi connectivity index (χ0n) is 10.2. The maximum atomic E-state index is 5.74. The average Bonchev–Trinajstić information content (AvgIpc) is 2.80. The van der Waals surface area contributed by atoms with E-state index in [0.29, 0.717) is 11.6 Å². The number of benzene rings is 2. The SMILES string of the molecule is COc1ccc2oc(-c3ccc(N)cc3Br)nc2c1. The third kappa shape index (κ3) is 2.17. The van der Waals surface area contributed by atoms with Crippen molar-refractivity contribution in [2.75, 3.05) is 12.8 Å². The Bertz CT molecular complexity index is 752. The Morgan fingerprint density at radius 1 is 1.21 bits per heavy atom. The molecule has 3 aromatic rings. The summed E-state index contributed by atoms with van der Waals surface area (Å²) in [4.78, 5) is 4.46. The van der Waals surface area contributed by atoms with Crippen molar-refractivity contribution in [2.24, 2.45) is 0 Å². The van der Waals surface area contributed by atoms with Crippen molar-refractivity contribution in [2.45, 2.75) is 0 Å². The Labute approximate surface area is 118 Å². The molecule has 0 saturated carbocycles. The summed E-state index contributed by atoms with van der Waals surface area (Å²) in [5, 5.41) is 0. The Morgan fingerprint density at radius 3 is 2.79 bits per heavy atom. The summed E-state index contributed by atoms with van der Waals surface area (Å²) in [6.45, 7) is 0. The maximum Gasteiger partial charge on any atom is 0.228 e. The molecule has 4 nitrogen and oxygen atoms in total. The fourth-order valence-corrected chi connectivity index (χ4v) is 2.42. The van der Waals surface area contributed by atoms with Gasteiger partial charge in [0.15, 0.2) is 5.58 Å². The van der Waals surface area contributed by atoms with Crippen LogP contribution in [0.15, 0.2) is 45.3 Å². The van der Waals surface area contributed by atoms with E-state index in [2.05, 4.69) is 20.9 Å². The highest BCUT2D eigenvalue weighted by Gasteiger charge is 2.12. The number of aromatic nitrogens is 1. The van der Waals surface area contributed by atoms with E-state index in [-0.39, 0.29) is 0 Å². The molecule has 0 saturated heterocycles. The first-order valence-electron chi connectivity index (χ1n) is 5.67. The van der Waals surface area contributed by atoms with Crippen molar-refractivity contribution in [3.05, 3.63) is 40.9 Å². The molecule has 2 N–H and O–H groups in total. The zero-order chi connectivity index (χ0) is 13.4. The number of halogens is 1. The molecule has 0 aliphatic rings. The molecule has 19 heavy (non-hydrogen) atoms. The van der Waals surface area contributed by atoms with Crippen LogP contribution in [0.25, 0.3) is 22.6 Å². The van der Waals surface area contributed by atoms with Crippen molar-refractivity contribution in [3.8, 4) is 17.2 Å². The van der Waals surface area contributed by atoms with Crippen molar-refractivity contribution in [3.63, 3.8) is 0 Å². The van der Waals surface area contributed by atoms with Gasteiger partial charge in [0, 0.05) is 16.2 Å². The zero-order valence-corrected chi connectivity index (χ0v) is 11.8. The molecule has 0 radical (unpaired) electrons. The second-order valence-corrected chi connectivity index (χ2v) is 4.95. The smallest absolute Gasteiger partial charge is 0.228 e. The first-order valence-corrected chi connectivity index (χ1v) is 6.46. The van der Waals surface area contributed by atoms with Gasteiger partial charge in [-0.3, -0.25) is 0 Å². The Balaban J connectivity index is 2.14. The second-order valence-electron chi connectivity index (χ2n) is 4.09. The maximum absolute atomic E-state index is 5.74. The molecule has 0 amide bonds. The summed E-state index contributed by atoms with van der Waals surface area (Å²) >= 11 is 3.46. The van der Waals surface area contributed by atoms with E-state index in [0.717, 1.165) is 26.9 Å². The van der Waals surface area contributed by atoms with E-state index in [1.54, 1.807) is 7.11 Å². The van der Waals surface area contributed by atoms with Crippen LogP contribution in [0.4, 0.5) is 5.69 Å². The first kappa shape index (κ1) is 12.0. The number of ether oxygens (including phenoxy) is 1. The van der Waals surface area contributed by atoms with Gasteiger partial charge in [-0.05, 0) is 46.3 Å². The molecule has 0 atom stereocenters. The summed E-state index contributed by atoms with van der Waals surface area (Å²) in [5.41, 5.74) is 8.76. The number of hydrogen-bond donors (Lipinski definition) is 1. The molecule has 0 spiro atoms. The highest BCUT2D eigenvalue weighted by Crippen LogP contribution is 2.32. The highest BCUT2D eigenvalue weighted by atomic mass is 79.9. The molecule has 96 valence electrons. The molecule has 0 aliphatic heterocycles. The molecule has 0 unspecified atom stereocenters. The second kappa shape index (κ2) is 4.59. The third-order valence-electron chi connectivity index (χ3n) is 2.82. The van der Waals surface area contributed by atoms with E-state index in [9.17, 15) is 0 Å². The minimum Gasteiger partial charge on any atom is -0.497 e. The van der Waals surface area contributed by atoms with Crippen LogP contribution in [0.5, 0.6) is 5.75 Å². The number of hydrogen-bond acceptors (Lipinski definition) is 4. The van der Waals surface area contributed by atoms with Crippen molar-refractivity contribution >= 4 is 32.7 Å². The molecular formula is C14H11BrN2O2. The third-order valence-corrected chi connectivity index (χ3v) is 3.47. The number of nitrogen functional groups attached to an aromatic ring is 1. The summed E-state index contributed by atoms with van der Waals surface area (Å²) in [5.74, 6) is 1.30. The minimum atomic E-state index is 0.551. The number of rotatable bonds is 2. The predicted octanol–water partition coefficient (Wildman–Crippen LogP) is 3.85. The Kier molecular flexibility index (Phi) is 2.91. The lowest BCUT2D eigenvalue weighted by Crippen LogP contribution is -1.86. The molecule has 0 bridgehead atoms. The monoisotopic (exact) mass is 318 g/mol. The van der Waals surface area contributed by atoms with Crippen molar-refractivity contribution in [1.82, 2.24) is 4.98 Å². The quantitative estimate of drug-likeness (QED) is 0.729. The normalized spacial score (nSPS) is 10.8.